The number of carbonyl (C=O) groups excluding carboxylic acids is 1. The van der Waals surface area contributed by atoms with Gasteiger partial charge in [0.1, 0.15) is 12.2 Å². The van der Waals surface area contributed by atoms with Crippen molar-refractivity contribution in [1.82, 2.24) is 0 Å². The molecular formula is C28H50O6. The van der Waals surface area contributed by atoms with E-state index in [9.17, 15) is 15.0 Å². The zero-order valence-electron chi connectivity index (χ0n) is 22.6. The molecule has 0 aromatic rings. The van der Waals surface area contributed by atoms with Crippen LogP contribution in [-0.2, 0) is 19.0 Å². The predicted octanol–water partition coefficient (Wildman–Crippen LogP) is 5.43. The summed E-state index contributed by atoms with van der Waals surface area (Å²) in [5, 5.41) is 21.8. The molecule has 0 radical (unpaired) electrons. The molecule has 1 heterocycles. The van der Waals surface area contributed by atoms with E-state index >= 15 is 0 Å². The summed E-state index contributed by atoms with van der Waals surface area (Å²) in [5.74, 6) is 0.418. The van der Waals surface area contributed by atoms with Gasteiger partial charge in [-0.2, -0.15) is 0 Å². The summed E-state index contributed by atoms with van der Waals surface area (Å²) in [5.41, 5.74) is -0.996. The molecule has 6 heteroatoms. The molecule has 2 N–H and O–H groups in total. The normalized spacial score (nSPS) is 35.6. The lowest BCUT2D eigenvalue weighted by atomic mass is 9.63. The molecule has 0 aromatic heterocycles. The molecule has 0 aromatic carbocycles. The topological polar surface area (TPSA) is 85.2 Å². The van der Waals surface area contributed by atoms with Gasteiger partial charge in [-0.3, -0.25) is 4.79 Å². The van der Waals surface area contributed by atoms with E-state index in [4.69, 9.17) is 14.2 Å². The van der Waals surface area contributed by atoms with E-state index in [0.717, 1.165) is 25.7 Å². The van der Waals surface area contributed by atoms with Gasteiger partial charge in [0.15, 0.2) is 12.6 Å². The number of hydrogen-bond acceptors (Lipinski definition) is 6. The monoisotopic (exact) mass is 482 g/mol. The van der Waals surface area contributed by atoms with Gasteiger partial charge in [-0.15, -0.1) is 0 Å². The van der Waals surface area contributed by atoms with E-state index in [1.54, 1.807) is 0 Å². The minimum Gasteiger partial charge on any atom is -0.459 e. The molecule has 0 spiro atoms. The average Bonchev–Trinajstić information content (AvgIpc) is 2.74. The van der Waals surface area contributed by atoms with Gasteiger partial charge in [0.25, 0.3) is 0 Å². The maximum absolute atomic E-state index is 13.3. The van der Waals surface area contributed by atoms with Crippen molar-refractivity contribution in [2.45, 2.75) is 137 Å². The molecular weight excluding hydrogens is 432 g/mol. The van der Waals surface area contributed by atoms with Crippen LogP contribution >= 0.6 is 0 Å². The summed E-state index contributed by atoms with van der Waals surface area (Å²) in [6, 6.07) is 0. The third-order valence-corrected chi connectivity index (χ3v) is 8.93. The Bertz CT molecular complexity index is 654. The number of fused-ring (bicyclic) bond motifs is 2. The molecule has 2 bridgehead atoms. The Morgan fingerprint density at radius 1 is 1.12 bits per heavy atom. The lowest BCUT2D eigenvalue weighted by Gasteiger charge is -2.56. The number of aliphatic hydroxyl groups is 2. The second kappa shape index (κ2) is 11.1. The lowest BCUT2D eigenvalue weighted by Crippen LogP contribution is -2.66. The number of rotatable bonds is 9. The minimum atomic E-state index is -1.02. The van der Waals surface area contributed by atoms with Crippen molar-refractivity contribution in [3.63, 3.8) is 0 Å². The Kier molecular flexibility index (Phi) is 9.14. The van der Waals surface area contributed by atoms with Gasteiger partial charge in [-0.05, 0) is 70.6 Å². The van der Waals surface area contributed by atoms with Crippen LogP contribution in [0.4, 0.5) is 0 Å². The predicted molar refractivity (Wildman–Crippen MR) is 132 cm³/mol. The van der Waals surface area contributed by atoms with Crippen molar-refractivity contribution >= 4 is 5.97 Å². The smallest absolute Gasteiger partial charge is 0.312 e. The number of aliphatic hydroxyl groups excluding tert-OH is 2. The molecule has 6 nitrogen and oxygen atoms in total. The number of carbonyl (C=O) groups is 1. The molecule has 3 fully saturated rings. The van der Waals surface area contributed by atoms with Gasteiger partial charge in [0, 0.05) is 18.3 Å². The van der Waals surface area contributed by atoms with Crippen LogP contribution in [0.15, 0.2) is 0 Å². The summed E-state index contributed by atoms with van der Waals surface area (Å²) in [6.07, 6.45) is 5.71. The van der Waals surface area contributed by atoms with Crippen molar-refractivity contribution < 1.29 is 29.2 Å². The highest BCUT2D eigenvalue weighted by atomic mass is 16.6. The highest BCUT2D eigenvalue weighted by Gasteiger charge is 2.60. The van der Waals surface area contributed by atoms with Crippen LogP contribution in [0.3, 0.4) is 0 Å². The molecule has 8 atom stereocenters. The Labute approximate surface area is 207 Å². The summed E-state index contributed by atoms with van der Waals surface area (Å²) in [6.45, 7) is 14.5. The van der Waals surface area contributed by atoms with Gasteiger partial charge in [-0.1, -0.05) is 47.0 Å². The molecule has 8 unspecified atom stereocenters. The van der Waals surface area contributed by atoms with E-state index in [0.29, 0.717) is 24.7 Å². The fourth-order valence-electron chi connectivity index (χ4n) is 6.73. The number of ether oxygens (including phenoxy) is 3. The van der Waals surface area contributed by atoms with Crippen LogP contribution in [0, 0.1) is 35.0 Å². The molecule has 3 aliphatic rings. The summed E-state index contributed by atoms with van der Waals surface area (Å²) < 4.78 is 18.5. The fraction of sp³-hybridized carbons (Fsp3) is 0.964. The van der Waals surface area contributed by atoms with Crippen LogP contribution in [0.25, 0.3) is 0 Å². The first-order chi connectivity index (χ1) is 15.9. The van der Waals surface area contributed by atoms with E-state index in [2.05, 4.69) is 34.6 Å². The van der Waals surface area contributed by atoms with Gasteiger partial charge in [0.05, 0.1) is 11.0 Å². The molecule has 1 aliphatic heterocycles. The first kappa shape index (κ1) is 27.9. The first-order valence-electron chi connectivity index (χ1n) is 13.8. The quantitative estimate of drug-likeness (QED) is 0.336. The summed E-state index contributed by atoms with van der Waals surface area (Å²) in [4.78, 5) is 13.3. The highest BCUT2D eigenvalue weighted by Crippen LogP contribution is 2.50. The van der Waals surface area contributed by atoms with E-state index in [1.165, 1.54) is 19.3 Å². The maximum atomic E-state index is 13.3. The average molecular weight is 483 g/mol. The summed E-state index contributed by atoms with van der Waals surface area (Å²) >= 11 is 0. The van der Waals surface area contributed by atoms with Gasteiger partial charge < -0.3 is 24.4 Å². The standard InChI is InChI=1S/C28H50O6/c1-8-28(7,16-17(2)3)26(31)33-23-20-14-18(4)15-21(29)32-24(23)22(20)25(30)34-27(5,6)19-12-10-9-11-13-19/h17-25,29-30H,8-16H2,1-7H3. The second-order valence-corrected chi connectivity index (χ2v) is 12.7. The molecule has 3 rings (SSSR count). The van der Waals surface area contributed by atoms with E-state index < -0.39 is 35.8 Å². The number of hydrogen-bond donors (Lipinski definition) is 2. The SMILES string of the molecule is CCC(C)(CC(C)C)C(=O)OC1C2CC(C)CC(O)OC1C2C(O)OC(C)(C)C1CCCCC1. The molecule has 198 valence electrons. The van der Waals surface area contributed by atoms with Crippen molar-refractivity contribution in [2.75, 3.05) is 0 Å². The van der Waals surface area contributed by atoms with Gasteiger partial charge in [0.2, 0.25) is 0 Å². The van der Waals surface area contributed by atoms with Crippen LogP contribution < -0.4 is 0 Å². The maximum Gasteiger partial charge on any atom is 0.312 e. The van der Waals surface area contributed by atoms with Crippen LogP contribution in [-0.4, -0.2) is 46.6 Å². The number of esters is 1. The van der Waals surface area contributed by atoms with Crippen molar-refractivity contribution in [3.05, 3.63) is 0 Å². The molecule has 1 saturated heterocycles. The Balaban J connectivity index is 1.76. The second-order valence-electron chi connectivity index (χ2n) is 12.7. The van der Waals surface area contributed by atoms with Crippen molar-refractivity contribution in [3.8, 4) is 0 Å². The first-order valence-corrected chi connectivity index (χ1v) is 13.8. The van der Waals surface area contributed by atoms with Crippen molar-refractivity contribution in [2.24, 2.45) is 35.0 Å². The highest BCUT2D eigenvalue weighted by molar-refractivity contribution is 5.76. The minimum absolute atomic E-state index is 0.0474. The fourth-order valence-corrected chi connectivity index (χ4v) is 6.73. The Morgan fingerprint density at radius 2 is 1.76 bits per heavy atom. The lowest BCUT2D eigenvalue weighted by molar-refractivity contribution is -0.329. The largest absolute Gasteiger partial charge is 0.459 e. The zero-order chi connectivity index (χ0) is 25.3. The Hall–Kier alpha value is -0.690. The van der Waals surface area contributed by atoms with Crippen LogP contribution in [0.1, 0.15) is 106 Å². The van der Waals surface area contributed by atoms with E-state index in [-0.39, 0.29) is 23.7 Å². The van der Waals surface area contributed by atoms with Gasteiger partial charge in [-0.25, -0.2) is 0 Å². The third kappa shape index (κ3) is 6.16. The molecule has 2 saturated carbocycles. The zero-order valence-corrected chi connectivity index (χ0v) is 22.6. The van der Waals surface area contributed by atoms with E-state index in [1.807, 2.05) is 13.8 Å². The third-order valence-electron chi connectivity index (χ3n) is 8.93. The van der Waals surface area contributed by atoms with Crippen LogP contribution in [0.2, 0.25) is 0 Å². The van der Waals surface area contributed by atoms with Crippen molar-refractivity contribution in [1.29, 1.82) is 0 Å². The van der Waals surface area contributed by atoms with Gasteiger partial charge >= 0.3 is 5.97 Å². The van der Waals surface area contributed by atoms with Crippen LogP contribution in [0.5, 0.6) is 0 Å². The molecule has 0 amide bonds. The Morgan fingerprint density at radius 3 is 2.35 bits per heavy atom. The molecule has 34 heavy (non-hydrogen) atoms. The summed E-state index contributed by atoms with van der Waals surface area (Å²) in [7, 11) is 0. The molecule has 2 aliphatic carbocycles.